The van der Waals surface area contributed by atoms with Gasteiger partial charge in [-0.05, 0) is 42.2 Å². The number of phenolic OH excluding ortho intramolecular Hbond substituents is 1. The number of phenols is 1. The molecule has 0 radical (unpaired) electrons. The highest BCUT2D eigenvalue weighted by molar-refractivity contribution is 6.12. The number of benzene rings is 2. The predicted molar refractivity (Wildman–Crippen MR) is 133 cm³/mol. The minimum absolute atomic E-state index is 0.0664. The van der Waals surface area contributed by atoms with E-state index >= 15 is 0 Å². The number of nitrogens with zero attached hydrogens (tertiary/aromatic N) is 2. The molecule has 6 nitrogen and oxygen atoms in total. The van der Waals surface area contributed by atoms with Gasteiger partial charge in [-0.1, -0.05) is 48.6 Å². The summed E-state index contributed by atoms with van der Waals surface area (Å²) in [6.45, 7) is 2.83. The number of carbonyl (C=O) groups is 1. The normalized spacial score (nSPS) is 22.3. The van der Waals surface area contributed by atoms with Gasteiger partial charge in [0.15, 0.2) is 5.76 Å². The van der Waals surface area contributed by atoms with E-state index < -0.39 is 0 Å². The molecule has 3 aliphatic rings. The number of ether oxygens (including phenoxy) is 1. The van der Waals surface area contributed by atoms with Gasteiger partial charge >= 0.3 is 0 Å². The lowest BCUT2D eigenvalue weighted by Gasteiger charge is -2.42. The molecule has 1 saturated heterocycles. The van der Waals surface area contributed by atoms with E-state index in [1.54, 1.807) is 30.4 Å². The fourth-order valence-electron chi connectivity index (χ4n) is 5.62. The van der Waals surface area contributed by atoms with Crippen LogP contribution in [-0.4, -0.2) is 33.4 Å². The van der Waals surface area contributed by atoms with Crippen LogP contribution < -0.4 is 10.3 Å². The van der Waals surface area contributed by atoms with Gasteiger partial charge in [0.05, 0.1) is 11.1 Å². The Labute approximate surface area is 203 Å². The van der Waals surface area contributed by atoms with Crippen molar-refractivity contribution < 1.29 is 14.6 Å². The van der Waals surface area contributed by atoms with Gasteiger partial charge in [-0.15, -0.1) is 0 Å². The van der Waals surface area contributed by atoms with Crippen LogP contribution in [0.25, 0.3) is 6.08 Å². The van der Waals surface area contributed by atoms with Crippen LogP contribution in [-0.2, 0) is 13.1 Å². The Morgan fingerprint density at radius 3 is 2.69 bits per heavy atom. The molecular weight excluding hydrogens is 440 g/mol. The van der Waals surface area contributed by atoms with Crippen molar-refractivity contribution in [3.8, 4) is 11.5 Å². The Balaban J connectivity index is 1.24. The van der Waals surface area contributed by atoms with Crippen molar-refractivity contribution in [1.82, 2.24) is 9.47 Å². The van der Waals surface area contributed by atoms with Gasteiger partial charge in [0, 0.05) is 43.9 Å². The molecule has 1 N–H and O–H groups in total. The van der Waals surface area contributed by atoms with Crippen LogP contribution in [0.5, 0.6) is 11.5 Å². The van der Waals surface area contributed by atoms with Crippen LogP contribution in [0.2, 0.25) is 0 Å². The Hall–Kier alpha value is -3.90. The number of allylic oxidation sites excluding steroid dienone is 3. The van der Waals surface area contributed by atoms with E-state index in [4.69, 9.17) is 4.74 Å². The summed E-state index contributed by atoms with van der Waals surface area (Å²) >= 11 is 0. The first-order chi connectivity index (χ1) is 17.1. The van der Waals surface area contributed by atoms with E-state index in [-0.39, 0.29) is 28.8 Å². The SMILES string of the molecule is O=C1/C(=C/C=C/c2ccccc2)Oc2c1ccc(O)c2CN1C[C@@H]2C[C@H](C1)c1cccc(=O)n1C2. The van der Waals surface area contributed by atoms with Crippen LogP contribution in [0.15, 0.2) is 83.4 Å². The van der Waals surface area contributed by atoms with Crippen molar-refractivity contribution in [2.45, 2.75) is 25.4 Å². The average Bonchev–Trinajstić information content (AvgIpc) is 3.18. The number of aromatic hydroxyl groups is 1. The van der Waals surface area contributed by atoms with Crippen LogP contribution in [0.3, 0.4) is 0 Å². The topological polar surface area (TPSA) is 71.8 Å². The zero-order valence-electron chi connectivity index (χ0n) is 19.3. The van der Waals surface area contributed by atoms with Crippen LogP contribution >= 0.6 is 0 Å². The fourth-order valence-corrected chi connectivity index (χ4v) is 5.62. The lowest BCUT2D eigenvalue weighted by Crippen LogP contribution is -2.46. The summed E-state index contributed by atoms with van der Waals surface area (Å²) in [7, 11) is 0. The summed E-state index contributed by atoms with van der Waals surface area (Å²) < 4.78 is 7.92. The zero-order valence-corrected chi connectivity index (χ0v) is 19.3. The summed E-state index contributed by atoms with van der Waals surface area (Å²) in [6.07, 6.45) is 6.46. The molecule has 0 amide bonds. The van der Waals surface area contributed by atoms with Crippen LogP contribution in [0.4, 0.5) is 0 Å². The van der Waals surface area contributed by atoms with Gasteiger partial charge in [-0.2, -0.15) is 0 Å². The van der Waals surface area contributed by atoms with Gasteiger partial charge < -0.3 is 14.4 Å². The molecule has 6 heteroatoms. The van der Waals surface area contributed by atoms with E-state index in [9.17, 15) is 14.7 Å². The van der Waals surface area contributed by atoms with Crippen molar-refractivity contribution >= 4 is 11.9 Å². The highest BCUT2D eigenvalue weighted by Gasteiger charge is 2.36. The van der Waals surface area contributed by atoms with E-state index in [2.05, 4.69) is 4.90 Å². The second-order valence-electron chi connectivity index (χ2n) is 9.56. The molecule has 1 aromatic heterocycles. The number of ketones is 1. The van der Waals surface area contributed by atoms with E-state index in [0.717, 1.165) is 37.3 Å². The van der Waals surface area contributed by atoms with Crippen molar-refractivity contribution in [2.75, 3.05) is 13.1 Å². The molecule has 35 heavy (non-hydrogen) atoms. The van der Waals surface area contributed by atoms with Crippen molar-refractivity contribution in [3.63, 3.8) is 0 Å². The molecule has 2 bridgehead atoms. The third kappa shape index (κ3) is 4.00. The summed E-state index contributed by atoms with van der Waals surface area (Å²) in [5, 5.41) is 10.7. The van der Waals surface area contributed by atoms with Gasteiger partial charge in [0.2, 0.25) is 5.78 Å². The van der Waals surface area contributed by atoms with E-state index in [0.29, 0.717) is 29.3 Å². The maximum atomic E-state index is 13.0. The number of hydrogen-bond acceptors (Lipinski definition) is 5. The largest absolute Gasteiger partial charge is 0.507 e. The van der Waals surface area contributed by atoms with Crippen LogP contribution in [0, 0.1) is 5.92 Å². The van der Waals surface area contributed by atoms with E-state index in [1.807, 2.05) is 53.1 Å². The summed E-state index contributed by atoms with van der Waals surface area (Å²) in [6, 6.07) is 18.6. The molecule has 2 atom stereocenters. The smallest absolute Gasteiger partial charge is 0.250 e. The first-order valence-electron chi connectivity index (χ1n) is 12.0. The molecule has 3 aromatic rings. The molecule has 1 fully saturated rings. The highest BCUT2D eigenvalue weighted by Crippen LogP contribution is 2.41. The standard InChI is InChI=1S/C29H26N2O4/c32-25-13-12-22-28(34)26(10-4-8-19-6-2-1-3-7-19)35-29(22)23(25)18-30-15-20-14-21(17-30)24-9-5-11-27(33)31(24)16-20/h1-13,20-21,32H,14-18H2/b8-4+,26-10-/t20-,21+/m0/s1. The minimum Gasteiger partial charge on any atom is -0.507 e. The molecule has 0 saturated carbocycles. The Kier molecular flexibility index (Phi) is 5.38. The third-order valence-corrected chi connectivity index (χ3v) is 7.19. The first-order valence-corrected chi connectivity index (χ1v) is 12.0. The molecule has 2 aromatic carbocycles. The Morgan fingerprint density at radius 1 is 0.971 bits per heavy atom. The molecule has 4 heterocycles. The number of Topliss-reactive ketones (excluding diaryl/α,β-unsaturated/α-hetero) is 1. The lowest BCUT2D eigenvalue weighted by atomic mass is 9.83. The number of likely N-dealkylation sites (tertiary alicyclic amines) is 1. The molecular formula is C29H26N2O4. The summed E-state index contributed by atoms with van der Waals surface area (Å²) in [5.74, 6) is 1.30. The number of pyridine rings is 1. The number of fused-ring (bicyclic) bond motifs is 5. The van der Waals surface area contributed by atoms with Crippen molar-refractivity contribution in [1.29, 1.82) is 0 Å². The second-order valence-corrected chi connectivity index (χ2v) is 9.56. The second kappa shape index (κ2) is 8.71. The van der Waals surface area contributed by atoms with E-state index in [1.165, 1.54) is 0 Å². The highest BCUT2D eigenvalue weighted by atomic mass is 16.5. The molecule has 0 spiro atoms. The molecule has 176 valence electrons. The van der Waals surface area contributed by atoms with Crippen molar-refractivity contribution in [3.05, 3.63) is 111 Å². The maximum Gasteiger partial charge on any atom is 0.250 e. The number of aromatic nitrogens is 1. The first kappa shape index (κ1) is 21.6. The molecule has 3 aliphatic heterocycles. The zero-order chi connectivity index (χ0) is 23.9. The van der Waals surface area contributed by atoms with Gasteiger partial charge in [-0.25, -0.2) is 0 Å². The van der Waals surface area contributed by atoms with Gasteiger partial charge in [-0.3, -0.25) is 14.5 Å². The predicted octanol–water partition coefficient (Wildman–Crippen LogP) is 4.35. The Bertz CT molecular complexity index is 1420. The van der Waals surface area contributed by atoms with Crippen LogP contribution in [0.1, 0.15) is 39.5 Å². The number of piperidine rings is 1. The van der Waals surface area contributed by atoms with Gasteiger partial charge in [0.25, 0.3) is 5.56 Å². The quantitative estimate of drug-likeness (QED) is 0.579. The molecule has 0 unspecified atom stereocenters. The minimum atomic E-state index is -0.178. The molecule has 6 rings (SSSR count). The Morgan fingerprint density at radius 2 is 1.83 bits per heavy atom. The molecule has 0 aliphatic carbocycles. The average molecular weight is 467 g/mol. The lowest BCUT2D eigenvalue weighted by molar-refractivity contribution is 0.101. The van der Waals surface area contributed by atoms with Gasteiger partial charge in [0.1, 0.15) is 11.5 Å². The number of carbonyl (C=O) groups excluding carboxylic acids is 1. The number of rotatable bonds is 4. The van der Waals surface area contributed by atoms with Crippen molar-refractivity contribution in [2.24, 2.45) is 5.92 Å². The fraction of sp³-hybridized carbons (Fsp3) is 0.241. The summed E-state index contributed by atoms with van der Waals surface area (Å²) in [4.78, 5) is 27.6. The monoisotopic (exact) mass is 466 g/mol. The summed E-state index contributed by atoms with van der Waals surface area (Å²) in [5.41, 5.74) is 3.30. The third-order valence-electron chi connectivity index (χ3n) is 7.19. The maximum absolute atomic E-state index is 13.0. The number of hydrogen-bond donors (Lipinski definition) is 1.